The number of aromatic nitrogens is 1. The molecule has 1 aromatic rings. The number of nitrogens with zero attached hydrogens (tertiary/aromatic N) is 2. The van der Waals surface area contributed by atoms with E-state index >= 15 is 0 Å². The Hall–Kier alpha value is -2.18. The first-order valence-electron chi connectivity index (χ1n) is 5.06. The van der Waals surface area contributed by atoms with E-state index in [1.165, 1.54) is 12.1 Å². The number of carbonyl (C=O) groups is 1. The van der Waals surface area contributed by atoms with Gasteiger partial charge in [0.1, 0.15) is 6.54 Å². The van der Waals surface area contributed by atoms with E-state index in [9.17, 15) is 14.9 Å². The molecule has 0 amide bonds. The maximum Gasteiger partial charge on any atom is 0.325 e. The van der Waals surface area contributed by atoms with Crippen molar-refractivity contribution in [2.45, 2.75) is 13.8 Å². The molecule has 7 nitrogen and oxygen atoms in total. The largest absolute Gasteiger partial charge is 0.465 e. The average molecular weight is 239 g/mol. The number of ether oxygens (including phenoxy) is 1. The van der Waals surface area contributed by atoms with Crippen molar-refractivity contribution in [2.75, 3.05) is 18.5 Å². The monoisotopic (exact) mass is 239 g/mol. The smallest absolute Gasteiger partial charge is 0.325 e. The average Bonchev–Trinajstić information content (AvgIpc) is 2.26. The highest BCUT2D eigenvalue weighted by atomic mass is 16.6. The Kier molecular flexibility index (Phi) is 4.38. The normalized spacial score (nSPS) is 9.76. The Morgan fingerprint density at radius 2 is 2.29 bits per heavy atom. The molecule has 7 heteroatoms. The topological polar surface area (TPSA) is 94.4 Å². The summed E-state index contributed by atoms with van der Waals surface area (Å²) in [6.45, 7) is 3.51. The van der Waals surface area contributed by atoms with Crippen LogP contribution in [0.1, 0.15) is 12.6 Å². The molecule has 1 aromatic heterocycles. The number of aryl methyl sites for hydroxylation is 1. The van der Waals surface area contributed by atoms with Gasteiger partial charge in [0.05, 0.1) is 11.5 Å². The minimum atomic E-state index is -0.556. The maximum atomic E-state index is 11.1. The molecule has 0 spiro atoms. The number of nitrogens with one attached hydrogen (secondary N) is 1. The van der Waals surface area contributed by atoms with Crippen LogP contribution in [-0.4, -0.2) is 29.0 Å². The van der Waals surface area contributed by atoms with Crippen LogP contribution in [0, 0.1) is 17.0 Å². The molecule has 1 heterocycles. The molecule has 1 rings (SSSR count). The van der Waals surface area contributed by atoms with Gasteiger partial charge in [-0.25, -0.2) is 4.98 Å². The molecule has 0 radical (unpaired) electrons. The molecule has 0 aliphatic rings. The van der Waals surface area contributed by atoms with Gasteiger partial charge in [-0.15, -0.1) is 0 Å². The van der Waals surface area contributed by atoms with Gasteiger partial charge < -0.3 is 10.1 Å². The fourth-order valence-electron chi connectivity index (χ4n) is 1.19. The first kappa shape index (κ1) is 12.9. The summed E-state index contributed by atoms with van der Waals surface area (Å²) in [6, 6.07) is 2.88. The molecule has 0 aliphatic heterocycles. The van der Waals surface area contributed by atoms with E-state index in [0.29, 0.717) is 5.69 Å². The molecule has 0 bridgehead atoms. The molecule has 0 aromatic carbocycles. The quantitative estimate of drug-likeness (QED) is 0.472. The van der Waals surface area contributed by atoms with Gasteiger partial charge in [0.2, 0.25) is 5.82 Å². The van der Waals surface area contributed by atoms with Gasteiger partial charge in [-0.3, -0.25) is 14.9 Å². The number of esters is 1. The fourth-order valence-corrected chi connectivity index (χ4v) is 1.19. The summed E-state index contributed by atoms with van der Waals surface area (Å²) < 4.78 is 4.70. The summed E-state index contributed by atoms with van der Waals surface area (Å²) in [5, 5.41) is 13.3. The van der Waals surface area contributed by atoms with Gasteiger partial charge in [-0.1, -0.05) is 0 Å². The summed E-state index contributed by atoms with van der Waals surface area (Å²) in [7, 11) is 0. The van der Waals surface area contributed by atoms with Crippen molar-refractivity contribution >= 4 is 17.5 Å². The molecular weight excluding hydrogens is 226 g/mol. The molecule has 0 atom stereocenters. The van der Waals surface area contributed by atoms with E-state index in [4.69, 9.17) is 4.74 Å². The lowest BCUT2D eigenvalue weighted by molar-refractivity contribution is -0.384. The molecule has 0 saturated carbocycles. The van der Waals surface area contributed by atoms with Gasteiger partial charge in [0, 0.05) is 11.8 Å². The molecule has 0 saturated heterocycles. The first-order chi connectivity index (χ1) is 8.04. The summed E-state index contributed by atoms with van der Waals surface area (Å²) >= 11 is 0. The molecule has 0 aliphatic carbocycles. The fraction of sp³-hybridized carbons (Fsp3) is 0.400. The minimum absolute atomic E-state index is 0.0723. The van der Waals surface area contributed by atoms with Crippen molar-refractivity contribution in [3.8, 4) is 0 Å². The predicted molar refractivity (Wildman–Crippen MR) is 60.8 cm³/mol. The Morgan fingerprint density at radius 3 is 2.88 bits per heavy atom. The lowest BCUT2D eigenvalue weighted by Gasteiger charge is -2.06. The second-order valence-corrected chi connectivity index (χ2v) is 3.24. The van der Waals surface area contributed by atoms with Crippen LogP contribution < -0.4 is 5.32 Å². The van der Waals surface area contributed by atoms with Crippen molar-refractivity contribution in [3.05, 3.63) is 27.9 Å². The number of rotatable bonds is 5. The number of anilines is 1. The van der Waals surface area contributed by atoms with Crippen LogP contribution in [0.5, 0.6) is 0 Å². The van der Waals surface area contributed by atoms with Crippen molar-refractivity contribution in [3.63, 3.8) is 0 Å². The molecule has 92 valence electrons. The molecular formula is C10H13N3O4. The van der Waals surface area contributed by atoms with Crippen LogP contribution in [0.4, 0.5) is 11.5 Å². The van der Waals surface area contributed by atoms with Crippen molar-refractivity contribution < 1.29 is 14.5 Å². The van der Waals surface area contributed by atoms with E-state index in [1.54, 1.807) is 13.8 Å². The van der Waals surface area contributed by atoms with E-state index in [2.05, 4.69) is 10.3 Å². The Morgan fingerprint density at radius 1 is 1.59 bits per heavy atom. The van der Waals surface area contributed by atoms with Crippen molar-refractivity contribution in [1.82, 2.24) is 4.98 Å². The van der Waals surface area contributed by atoms with Crippen molar-refractivity contribution in [2.24, 2.45) is 0 Å². The number of hydrogen-bond donors (Lipinski definition) is 1. The van der Waals surface area contributed by atoms with Gasteiger partial charge in [0.15, 0.2) is 0 Å². The Balaban J connectivity index is 2.78. The van der Waals surface area contributed by atoms with E-state index in [0.717, 1.165) is 0 Å². The van der Waals surface area contributed by atoms with E-state index in [1.807, 2.05) is 0 Å². The first-order valence-corrected chi connectivity index (χ1v) is 5.06. The third-order valence-corrected chi connectivity index (χ3v) is 1.92. The lowest BCUT2D eigenvalue weighted by atomic mass is 10.3. The van der Waals surface area contributed by atoms with Gasteiger partial charge >= 0.3 is 11.7 Å². The molecule has 17 heavy (non-hydrogen) atoms. The molecule has 1 N–H and O–H groups in total. The van der Waals surface area contributed by atoms with Crippen molar-refractivity contribution in [1.29, 1.82) is 0 Å². The number of pyridine rings is 1. The van der Waals surface area contributed by atoms with Crippen LogP contribution >= 0.6 is 0 Å². The number of nitro groups is 1. The highest BCUT2D eigenvalue weighted by molar-refractivity contribution is 5.75. The zero-order valence-electron chi connectivity index (χ0n) is 9.60. The van der Waals surface area contributed by atoms with Gasteiger partial charge in [0.25, 0.3) is 0 Å². The third-order valence-electron chi connectivity index (χ3n) is 1.92. The van der Waals surface area contributed by atoms with Crippen LogP contribution in [0.2, 0.25) is 0 Å². The highest BCUT2D eigenvalue weighted by Crippen LogP contribution is 2.21. The molecule has 0 fully saturated rings. The predicted octanol–water partition coefficient (Wildman–Crippen LogP) is 1.27. The number of carbonyl (C=O) groups excluding carboxylic acids is 1. The van der Waals surface area contributed by atoms with Crippen LogP contribution in [0.3, 0.4) is 0 Å². The SMILES string of the molecule is CCOC(=O)CNc1nc(C)ccc1[N+](=O)[O-]. The zero-order valence-corrected chi connectivity index (χ0v) is 9.60. The Labute approximate surface area is 98.0 Å². The second-order valence-electron chi connectivity index (χ2n) is 3.24. The van der Waals surface area contributed by atoms with Gasteiger partial charge in [-0.05, 0) is 19.9 Å². The maximum absolute atomic E-state index is 11.1. The zero-order chi connectivity index (χ0) is 12.8. The summed E-state index contributed by atoms with van der Waals surface area (Å²) in [5.74, 6) is -0.409. The Bertz CT molecular complexity index is 434. The second kappa shape index (κ2) is 5.78. The van der Waals surface area contributed by atoms with E-state index in [-0.39, 0.29) is 24.7 Å². The van der Waals surface area contributed by atoms with Gasteiger partial charge in [-0.2, -0.15) is 0 Å². The van der Waals surface area contributed by atoms with Crippen LogP contribution in [0.15, 0.2) is 12.1 Å². The molecule has 0 unspecified atom stereocenters. The summed E-state index contributed by atoms with van der Waals surface area (Å²) in [4.78, 5) is 25.2. The third kappa shape index (κ3) is 3.71. The number of hydrogen-bond acceptors (Lipinski definition) is 6. The van der Waals surface area contributed by atoms with Crippen LogP contribution in [0.25, 0.3) is 0 Å². The standard InChI is InChI=1S/C10H13N3O4/c1-3-17-9(14)6-11-10-8(13(15)16)5-4-7(2)12-10/h4-5H,3,6H2,1-2H3,(H,11,12). The summed E-state index contributed by atoms with van der Waals surface area (Å²) in [6.07, 6.45) is 0. The lowest BCUT2D eigenvalue weighted by Crippen LogP contribution is -2.18. The highest BCUT2D eigenvalue weighted by Gasteiger charge is 2.15. The summed E-state index contributed by atoms with van der Waals surface area (Å²) in [5.41, 5.74) is 0.460. The van der Waals surface area contributed by atoms with Crippen LogP contribution in [-0.2, 0) is 9.53 Å². The van der Waals surface area contributed by atoms with E-state index < -0.39 is 10.9 Å². The minimum Gasteiger partial charge on any atom is -0.465 e.